The lowest BCUT2D eigenvalue weighted by molar-refractivity contribution is 0.0702. The van der Waals surface area contributed by atoms with Crippen LogP contribution in [0.3, 0.4) is 0 Å². The minimum atomic E-state index is -1.64. The van der Waals surface area contributed by atoms with Crippen molar-refractivity contribution in [3.63, 3.8) is 0 Å². The molecule has 138 valence electrons. The molecule has 1 N–H and O–H groups in total. The van der Waals surface area contributed by atoms with E-state index < -0.39 is 5.72 Å². The molecule has 0 radical (unpaired) electrons. The number of hydrogen-bond donors (Lipinski definition) is 1. The summed E-state index contributed by atoms with van der Waals surface area (Å²) < 4.78 is 5.58. The zero-order valence-electron chi connectivity index (χ0n) is 15.3. The maximum absolute atomic E-state index is 13.3. The van der Waals surface area contributed by atoms with E-state index in [-0.39, 0.29) is 5.91 Å². The van der Waals surface area contributed by atoms with Crippen LogP contribution in [-0.4, -0.2) is 23.8 Å². The minimum Gasteiger partial charge on any atom is -0.486 e. The van der Waals surface area contributed by atoms with Crippen molar-refractivity contribution < 1.29 is 14.6 Å². The number of carbonyl (C=O) groups excluding carboxylic acids is 1. The molecule has 5 nitrogen and oxygen atoms in total. The molecule has 2 aliphatic heterocycles. The summed E-state index contributed by atoms with van der Waals surface area (Å²) in [5.41, 5.74) is 2.19. The summed E-state index contributed by atoms with van der Waals surface area (Å²) in [6.45, 7) is 2.35. The molecule has 1 atom stereocenters. The Morgan fingerprint density at radius 1 is 1.07 bits per heavy atom. The molecule has 2 aliphatic rings. The average molecular weight is 370 g/mol. The number of aryl methyl sites for hydroxylation is 1. The average Bonchev–Trinajstić information content (AvgIpc) is 2.97. The van der Waals surface area contributed by atoms with Gasteiger partial charge in [-0.1, -0.05) is 36.4 Å². The highest BCUT2D eigenvalue weighted by molar-refractivity contribution is 6.12. The number of hydrogen-bond acceptors (Lipinski definition) is 4. The van der Waals surface area contributed by atoms with Gasteiger partial charge in [-0.3, -0.25) is 14.7 Å². The molecule has 1 amide bonds. The first-order valence-corrected chi connectivity index (χ1v) is 9.12. The van der Waals surface area contributed by atoms with Crippen LogP contribution in [0.5, 0.6) is 5.75 Å². The normalized spacial score (nSPS) is 19.9. The monoisotopic (exact) mass is 370 g/mol. The summed E-state index contributed by atoms with van der Waals surface area (Å²) in [5.74, 6) is 0.430. The lowest BCUT2D eigenvalue weighted by Gasteiger charge is -2.36. The van der Waals surface area contributed by atoms with Gasteiger partial charge < -0.3 is 9.84 Å². The van der Waals surface area contributed by atoms with Crippen LogP contribution in [0.15, 0.2) is 71.7 Å². The fraction of sp³-hybridized carbons (Fsp3) is 0.130. The van der Waals surface area contributed by atoms with Gasteiger partial charge in [0.2, 0.25) is 0 Å². The zero-order chi connectivity index (χ0) is 19.3. The highest BCUT2D eigenvalue weighted by atomic mass is 16.5. The van der Waals surface area contributed by atoms with Gasteiger partial charge in [0.1, 0.15) is 18.0 Å². The molecule has 0 saturated heterocycles. The van der Waals surface area contributed by atoms with E-state index in [4.69, 9.17) is 4.74 Å². The molecule has 0 aliphatic carbocycles. The van der Waals surface area contributed by atoms with Gasteiger partial charge in [0.15, 0.2) is 5.72 Å². The molecule has 3 aromatic rings. The fourth-order valence-electron chi connectivity index (χ4n) is 3.96. The third-order valence-electron chi connectivity index (χ3n) is 5.32. The molecular weight excluding hydrogens is 352 g/mol. The number of benzene rings is 3. The first-order chi connectivity index (χ1) is 13.6. The third kappa shape index (κ3) is 2.23. The van der Waals surface area contributed by atoms with Crippen LogP contribution in [0.25, 0.3) is 0 Å². The van der Waals surface area contributed by atoms with Crippen molar-refractivity contribution in [2.45, 2.75) is 12.6 Å². The first-order valence-electron chi connectivity index (χ1n) is 9.12. The van der Waals surface area contributed by atoms with Crippen molar-refractivity contribution in [1.82, 2.24) is 0 Å². The number of aliphatic hydroxyl groups is 1. The smallest absolute Gasteiger partial charge is 0.261 e. The summed E-state index contributed by atoms with van der Waals surface area (Å²) in [5, 5.41) is 12.0. The Hall–Kier alpha value is -3.44. The number of ether oxygens (including phenoxy) is 1. The van der Waals surface area contributed by atoms with Crippen LogP contribution in [0, 0.1) is 6.92 Å². The second-order valence-corrected chi connectivity index (χ2v) is 6.95. The molecule has 3 aromatic carbocycles. The molecule has 0 aromatic heterocycles. The number of para-hydroxylation sites is 1. The Labute approximate surface area is 162 Å². The number of nitrogens with zero attached hydrogens (tertiary/aromatic N) is 2. The maximum atomic E-state index is 13.3. The Bertz CT molecular complexity index is 1140. The summed E-state index contributed by atoms with van der Waals surface area (Å²) in [4.78, 5) is 19.2. The van der Waals surface area contributed by atoms with Crippen LogP contribution in [-0.2, 0) is 5.72 Å². The van der Waals surface area contributed by atoms with E-state index in [0.717, 1.165) is 5.56 Å². The Morgan fingerprint density at radius 3 is 2.71 bits per heavy atom. The van der Waals surface area contributed by atoms with E-state index in [2.05, 4.69) is 4.99 Å². The maximum Gasteiger partial charge on any atom is 0.261 e. The lowest BCUT2D eigenvalue weighted by atomic mass is 9.92. The number of anilines is 1. The van der Waals surface area contributed by atoms with Gasteiger partial charge in [-0.2, -0.15) is 0 Å². The predicted octanol–water partition coefficient (Wildman–Crippen LogP) is 3.94. The van der Waals surface area contributed by atoms with Gasteiger partial charge in [-0.15, -0.1) is 0 Å². The van der Waals surface area contributed by atoms with Gasteiger partial charge in [0.25, 0.3) is 5.91 Å². The van der Waals surface area contributed by atoms with Crippen molar-refractivity contribution in [3.8, 4) is 5.75 Å². The van der Waals surface area contributed by atoms with Crippen LogP contribution >= 0.6 is 0 Å². The van der Waals surface area contributed by atoms with Gasteiger partial charge in [0, 0.05) is 22.9 Å². The van der Waals surface area contributed by atoms with Gasteiger partial charge in [-0.25, -0.2) is 0 Å². The number of amides is 1. The second kappa shape index (κ2) is 6.04. The number of fused-ring (bicyclic) bond motifs is 2. The largest absolute Gasteiger partial charge is 0.486 e. The van der Waals surface area contributed by atoms with Crippen LogP contribution in [0.4, 0.5) is 11.4 Å². The molecule has 1 unspecified atom stereocenters. The van der Waals surface area contributed by atoms with Crippen LogP contribution < -0.4 is 9.64 Å². The molecule has 0 spiro atoms. The summed E-state index contributed by atoms with van der Waals surface area (Å²) in [6, 6.07) is 20.1. The minimum absolute atomic E-state index is 0.232. The van der Waals surface area contributed by atoms with E-state index in [0.29, 0.717) is 40.4 Å². The van der Waals surface area contributed by atoms with E-state index in [1.54, 1.807) is 36.5 Å². The summed E-state index contributed by atoms with van der Waals surface area (Å²) >= 11 is 0. The van der Waals surface area contributed by atoms with Crippen molar-refractivity contribution in [3.05, 3.63) is 89.0 Å². The Kier molecular flexibility index (Phi) is 3.60. The predicted molar refractivity (Wildman–Crippen MR) is 108 cm³/mol. The standard InChI is InChI=1S/C23H18N2O3/c1-15-6-2-5-9-20(15)25-22(26)17-7-3-4-8-18(17)23(25,27)16-10-11-21-19(14-16)24-12-13-28-21/h2-12,14,27H,13H2,1H3. The van der Waals surface area contributed by atoms with E-state index in [1.165, 1.54) is 4.90 Å². The van der Waals surface area contributed by atoms with Gasteiger partial charge >= 0.3 is 0 Å². The molecular formula is C23H18N2O3. The molecule has 2 heterocycles. The van der Waals surface area contributed by atoms with E-state index in [1.807, 2.05) is 43.3 Å². The summed E-state index contributed by atoms with van der Waals surface area (Å²) in [7, 11) is 0. The number of rotatable bonds is 2. The van der Waals surface area contributed by atoms with Gasteiger partial charge in [0.05, 0.1) is 5.69 Å². The molecule has 5 heteroatoms. The topological polar surface area (TPSA) is 62.1 Å². The lowest BCUT2D eigenvalue weighted by Crippen LogP contribution is -2.45. The SMILES string of the molecule is Cc1ccccc1N1C(=O)c2ccccc2C1(O)c1ccc2c(c1)N=CCO2. The van der Waals surface area contributed by atoms with Crippen molar-refractivity contribution >= 4 is 23.5 Å². The van der Waals surface area contributed by atoms with E-state index in [9.17, 15) is 9.90 Å². The van der Waals surface area contributed by atoms with Crippen LogP contribution in [0.1, 0.15) is 27.0 Å². The highest BCUT2D eigenvalue weighted by Crippen LogP contribution is 2.47. The molecule has 0 fully saturated rings. The highest BCUT2D eigenvalue weighted by Gasteiger charge is 2.51. The number of aliphatic imine (C=N–C) groups is 1. The Balaban J connectivity index is 1.78. The fourth-order valence-corrected chi connectivity index (χ4v) is 3.96. The number of carbonyl (C=O) groups is 1. The molecule has 28 heavy (non-hydrogen) atoms. The van der Waals surface area contributed by atoms with Crippen LogP contribution in [0.2, 0.25) is 0 Å². The third-order valence-corrected chi connectivity index (χ3v) is 5.32. The quantitative estimate of drug-likeness (QED) is 0.743. The zero-order valence-corrected chi connectivity index (χ0v) is 15.3. The molecule has 5 rings (SSSR count). The first kappa shape index (κ1) is 16.7. The van der Waals surface area contributed by atoms with Crippen molar-refractivity contribution in [2.24, 2.45) is 4.99 Å². The Morgan fingerprint density at radius 2 is 1.86 bits per heavy atom. The van der Waals surface area contributed by atoms with E-state index >= 15 is 0 Å². The van der Waals surface area contributed by atoms with Crippen molar-refractivity contribution in [2.75, 3.05) is 11.5 Å². The second-order valence-electron chi connectivity index (χ2n) is 6.95. The van der Waals surface area contributed by atoms with Gasteiger partial charge in [-0.05, 0) is 42.8 Å². The molecule has 0 bridgehead atoms. The molecule has 0 saturated carbocycles. The summed E-state index contributed by atoms with van der Waals surface area (Å²) in [6.07, 6.45) is 1.68. The van der Waals surface area contributed by atoms with Crippen molar-refractivity contribution in [1.29, 1.82) is 0 Å².